The van der Waals surface area contributed by atoms with Crippen LogP contribution in [0.3, 0.4) is 0 Å². The fourth-order valence-electron chi connectivity index (χ4n) is 1.03. The lowest BCUT2D eigenvalue weighted by Gasteiger charge is -2.07. The summed E-state index contributed by atoms with van der Waals surface area (Å²) in [6.45, 7) is 4.08. The Hall–Kier alpha value is -1.18. The minimum absolute atomic E-state index is 0.0127. The van der Waals surface area contributed by atoms with E-state index in [1.807, 2.05) is 0 Å². The average molecular weight is 262 g/mol. The fraction of sp³-hybridized carbons (Fsp3) is 0.818. The quantitative estimate of drug-likeness (QED) is 0.463. The maximum Gasteiger partial charge on any atom is 0.246 e. The number of ether oxygens (including phenoxy) is 3. The second-order valence-corrected chi connectivity index (χ2v) is 3.49. The summed E-state index contributed by atoms with van der Waals surface area (Å²) in [5.74, 6) is -0.257. The normalized spacial score (nSPS) is 10.1. The lowest BCUT2D eigenvalue weighted by atomic mass is 10.6. The van der Waals surface area contributed by atoms with Gasteiger partial charge in [0.1, 0.15) is 6.61 Å². The average Bonchev–Trinajstić information content (AvgIpc) is 2.32. The van der Waals surface area contributed by atoms with Gasteiger partial charge in [-0.3, -0.25) is 9.59 Å². The zero-order valence-corrected chi connectivity index (χ0v) is 11.0. The van der Waals surface area contributed by atoms with E-state index in [-0.39, 0.29) is 18.4 Å². The number of hydrogen-bond donors (Lipinski definition) is 2. The first kappa shape index (κ1) is 16.8. The van der Waals surface area contributed by atoms with Crippen LogP contribution in [0.25, 0.3) is 0 Å². The first-order valence-electron chi connectivity index (χ1n) is 5.82. The van der Waals surface area contributed by atoms with Gasteiger partial charge in [-0.1, -0.05) is 0 Å². The molecule has 0 spiro atoms. The molecule has 0 saturated carbocycles. The Bertz CT molecular complexity index is 235. The smallest absolute Gasteiger partial charge is 0.246 e. The van der Waals surface area contributed by atoms with Gasteiger partial charge in [0.25, 0.3) is 0 Å². The minimum atomic E-state index is -0.176. The van der Waals surface area contributed by atoms with Gasteiger partial charge in [0.15, 0.2) is 0 Å². The van der Waals surface area contributed by atoms with E-state index in [9.17, 15) is 9.59 Å². The molecule has 0 saturated heterocycles. The highest BCUT2D eigenvalue weighted by Gasteiger charge is 1.99. The van der Waals surface area contributed by atoms with Crippen molar-refractivity contribution in [3.05, 3.63) is 0 Å². The van der Waals surface area contributed by atoms with Gasteiger partial charge in [0.05, 0.1) is 26.4 Å². The van der Waals surface area contributed by atoms with Crippen molar-refractivity contribution in [1.82, 2.24) is 10.6 Å². The van der Waals surface area contributed by atoms with E-state index >= 15 is 0 Å². The van der Waals surface area contributed by atoms with Crippen LogP contribution in [-0.4, -0.2) is 65.0 Å². The van der Waals surface area contributed by atoms with Crippen molar-refractivity contribution < 1.29 is 23.8 Å². The van der Waals surface area contributed by atoms with Crippen molar-refractivity contribution in [2.24, 2.45) is 0 Å². The highest BCUT2D eigenvalue weighted by Crippen LogP contribution is 1.79. The van der Waals surface area contributed by atoms with Crippen LogP contribution in [0.1, 0.15) is 6.92 Å². The van der Waals surface area contributed by atoms with E-state index in [2.05, 4.69) is 10.6 Å². The molecule has 0 heterocycles. The second kappa shape index (κ2) is 12.3. The van der Waals surface area contributed by atoms with Crippen LogP contribution >= 0.6 is 0 Å². The van der Waals surface area contributed by atoms with Crippen molar-refractivity contribution in [2.75, 3.05) is 53.2 Å². The first-order chi connectivity index (χ1) is 8.66. The van der Waals surface area contributed by atoms with Crippen molar-refractivity contribution in [3.63, 3.8) is 0 Å². The molecule has 2 amide bonds. The summed E-state index contributed by atoms with van der Waals surface area (Å²) in [5.41, 5.74) is 0. The van der Waals surface area contributed by atoms with Gasteiger partial charge < -0.3 is 24.8 Å². The molecule has 0 radical (unpaired) electrons. The van der Waals surface area contributed by atoms with Crippen LogP contribution < -0.4 is 10.6 Å². The van der Waals surface area contributed by atoms with E-state index in [1.165, 1.54) is 6.92 Å². The summed E-state index contributed by atoms with van der Waals surface area (Å²) in [4.78, 5) is 21.7. The maximum absolute atomic E-state index is 11.1. The summed E-state index contributed by atoms with van der Waals surface area (Å²) in [6, 6.07) is 0. The third-order valence-electron chi connectivity index (χ3n) is 1.85. The molecule has 0 aromatic rings. The molecule has 0 unspecified atom stereocenters. The number of carbonyl (C=O) groups is 2. The lowest BCUT2D eigenvalue weighted by Crippen LogP contribution is -2.31. The first-order valence-corrected chi connectivity index (χ1v) is 5.82. The number of amides is 2. The number of hydrogen-bond acceptors (Lipinski definition) is 5. The summed E-state index contributed by atoms with van der Waals surface area (Å²) < 4.78 is 15.0. The molecule has 0 aromatic heterocycles. The van der Waals surface area contributed by atoms with Crippen molar-refractivity contribution in [2.45, 2.75) is 6.92 Å². The van der Waals surface area contributed by atoms with E-state index in [0.717, 1.165) is 0 Å². The van der Waals surface area contributed by atoms with E-state index in [4.69, 9.17) is 14.2 Å². The van der Waals surface area contributed by atoms with Crippen LogP contribution in [0.4, 0.5) is 0 Å². The predicted octanol–water partition coefficient (Wildman–Crippen LogP) is -1.08. The molecule has 2 N–H and O–H groups in total. The Labute approximate surface area is 107 Å². The zero-order valence-electron chi connectivity index (χ0n) is 11.0. The highest BCUT2D eigenvalue weighted by molar-refractivity contribution is 5.77. The van der Waals surface area contributed by atoms with Gasteiger partial charge in [-0.2, -0.15) is 0 Å². The molecule has 0 rings (SSSR count). The second-order valence-electron chi connectivity index (χ2n) is 3.49. The Morgan fingerprint density at radius 2 is 1.61 bits per heavy atom. The molecule has 0 bridgehead atoms. The van der Waals surface area contributed by atoms with Gasteiger partial charge in [0, 0.05) is 27.1 Å². The Morgan fingerprint density at radius 3 is 2.28 bits per heavy atom. The Morgan fingerprint density at radius 1 is 0.944 bits per heavy atom. The van der Waals surface area contributed by atoms with Crippen molar-refractivity contribution in [1.29, 1.82) is 0 Å². The van der Waals surface area contributed by atoms with Gasteiger partial charge in [-0.15, -0.1) is 0 Å². The summed E-state index contributed by atoms with van der Waals surface area (Å²) in [6.07, 6.45) is 0. The van der Waals surface area contributed by atoms with E-state index < -0.39 is 0 Å². The molecule has 0 atom stereocenters. The summed E-state index contributed by atoms with van der Waals surface area (Å²) in [7, 11) is 1.57. The molecule has 18 heavy (non-hydrogen) atoms. The fourth-order valence-corrected chi connectivity index (χ4v) is 1.03. The molecule has 7 heteroatoms. The topological polar surface area (TPSA) is 85.9 Å². The van der Waals surface area contributed by atoms with E-state index in [1.54, 1.807) is 7.11 Å². The Kier molecular flexibility index (Phi) is 11.5. The zero-order chi connectivity index (χ0) is 13.6. The van der Waals surface area contributed by atoms with Crippen LogP contribution in [0.5, 0.6) is 0 Å². The molecule has 0 aliphatic carbocycles. The number of rotatable bonds is 11. The third kappa shape index (κ3) is 12.9. The van der Waals surface area contributed by atoms with Crippen LogP contribution in [0.15, 0.2) is 0 Å². The summed E-state index contributed by atoms with van der Waals surface area (Å²) in [5, 5.41) is 5.23. The predicted molar refractivity (Wildman–Crippen MR) is 65.2 cm³/mol. The largest absolute Gasteiger partial charge is 0.383 e. The molecule has 7 nitrogen and oxygen atoms in total. The standard InChI is InChI=1S/C11H22N2O5/c1-10(14)12-4-6-17-7-8-18-9-11(15)13-3-5-16-2/h3-9H2,1-2H3,(H,12,14)(H,13,15). The molecule has 0 fully saturated rings. The highest BCUT2D eigenvalue weighted by atomic mass is 16.5. The van der Waals surface area contributed by atoms with Gasteiger partial charge >= 0.3 is 0 Å². The molecule has 0 aliphatic heterocycles. The SMILES string of the molecule is COCCNC(=O)COCCOCCNC(C)=O. The molecule has 106 valence electrons. The third-order valence-corrected chi connectivity index (χ3v) is 1.85. The Balaban J connectivity index is 3.15. The minimum Gasteiger partial charge on any atom is -0.383 e. The van der Waals surface area contributed by atoms with Crippen molar-refractivity contribution >= 4 is 11.8 Å². The van der Waals surface area contributed by atoms with Gasteiger partial charge in [0.2, 0.25) is 11.8 Å². The van der Waals surface area contributed by atoms with Crippen molar-refractivity contribution in [3.8, 4) is 0 Å². The number of carbonyl (C=O) groups excluding carboxylic acids is 2. The maximum atomic E-state index is 11.1. The van der Waals surface area contributed by atoms with Gasteiger partial charge in [-0.25, -0.2) is 0 Å². The lowest BCUT2D eigenvalue weighted by molar-refractivity contribution is -0.126. The molecule has 0 aliphatic rings. The van der Waals surface area contributed by atoms with Crippen LogP contribution in [-0.2, 0) is 23.8 Å². The number of nitrogens with one attached hydrogen (secondary N) is 2. The number of methoxy groups -OCH3 is 1. The summed E-state index contributed by atoms with van der Waals surface area (Å²) >= 11 is 0. The monoisotopic (exact) mass is 262 g/mol. The van der Waals surface area contributed by atoms with E-state index in [0.29, 0.717) is 39.5 Å². The van der Waals surface area contributed by atoms with Gasteiger partial charge in [-0.05, 0) is 0 Å². The molecule has 0 aromatic carbocycles. The van der Waals surface area contributed by atoms with Crippen LogP contribution in [0, 0.1) is 0 Å². The van der Waals surface area contributed by atoms with Crippen LogP contribution in [0.2, 0.25) is 0 Å². The molecular formula is C11H22N2O5. The molecular weight excluding hydrogens is 240 g/mol.